The van der Waals surface area contributed by atoms with E-state index in [2.05, 4.69) is 12.1 Å². The van der Waals surface area contributed by atoms with Crippen molar-refractivity contribution < 1.29 is 14.3 Å². The maximum absolute atomic E-state index is 12.0. The molecular formula is C15H18O3S. The predicted octanol–water partition coefficient (Wildman–Crippen LogP) is 2.89. The van der Waals surface area contributed by atoms with E-state index in [-0.39, 0.29) is 23.9 Å². The van der Waals surface area contributed by atoms with Gasteiger partial charge in [0.1, 0.15) is 6.10 Å². The van der Waals surface area contributed by atoms with Crippen LogP contribution < -0.4 is 0 Å². The number of Topliss-reactive ketones (excluding diaryl/α,β-unsaturated/α-hetero) is 1. The van der Waals surface area contributed by atoms with Gasteiger partial charge in [-0.1, -0.05) is 18.2 Å². The molecule has 2 aliphatic rings. The highest BCUT2D eigenvalue weighted by Crippen LogP contribution is 2.41. The number of carbonyl (C=O) groups excluding carboxylic acids is 1. The summed E-state index contributed by atoms with van der Waals surface area (Å²) < 4.78 is 11.6. The Morgan fingerprint density at radius 2 is 2.00 bits per heavy atom. The van der Waals surface area contributed by atoms with Crippen LogP contribution in [0.15, 0.2) is 35.2 Å². The number of rotatable bonds is 3. The molecule has 19 heavy (non-hydrogen) atoms. The third-order valence-electron chi connectivity index (χ3n) is 3.58. The molecule has 1 saturated carbocycles. The van der Waals surface area contributed by atoms with Crippen LogP contribution in [-0.2, 0) is 14.3 Å². The second kappa shape index (κ2) is 4.93. The molecule has 1 aliphatic carbocycles. The summed E-state index contributed by atoms with van der Waals surface area (Å²) in [6.07, 6.45) is 0.153. The van der Waals surface area contributed by atoms with E-state index in [4.69, 9.17) is 9.47 Å². The molecule has 0 aromatic heterocycles. The average Bonchev–Trinajstić information content (AvgIpc) is 2.84. The largest absolute Gasteiger partial charge is 0.344 e. The number of ketones is 1. The summed E-state index contributed by atoms with van der Waals surface area (Å²) in [6, 6.07) is 10.3. The summed E-state index contributed by atoms with van der Waals surface area (Å²) >= 11 is 1.78. The first-order chi connectivity index (χ1) is 9.05. The number of carbonyl (C=O) groups is 1. The van der Waals surface area contributed by atoms with Crippen molar-refractivity contribution in [2.45, 2.75) is 43.2 Å². The van der Waals surface area contributed by atoms with Crippen molar-refractivity contribution in [3.8, 4) is 0 Å². The highest BCUT2D eigenvalue weighted by Gasteiger charge is 2.53. The molecule has 0 radical (unpaired) electrons. The molecule has 3 rings (SSSR count). The summed E-state index contributed by atoms with van der Waals surface area (Å²) in [5.74, 6) is 0.718. The lowest BCUT2D eigenvalue weighted by Gasteiger charge is -2.21. The van der Waals surface area contributed by atoms with Crippen LogP contribution in [-0.4, -0.2) is 29.5 Å². The van der Waals surface area contributed by atoms with Crippen molar-refractivity contribution in [3.63, 3.8) is 0 Å². The third-order valence-corrected chi connectivity index (χ3v) is 4.78. The van der Waals surface area contributed by atoms with Gasteiger partial charge in [-0.15, -0.1) is 11.8 Å². The van der Waals surface area contributed by atoms with E-state index in [1.807, 2.05) is 32.0 Å². The van der Waals surface area contributed by atoms with E-state index < -0.39 is 5.79 Å². The zero-order valence-electron chi connectivity index (χ0n) is 11.2. The van der Waals surface area contributed by atoms with Gasteiger partial charge in [-0.05, 0) is 26.0 Å². The van der Waals surface area contributed by atoms with Gasteiger partial charge in [0.2, 0.25) is 0 Å². The lowest BCUT2D eigenvalue weighted by molar-refractivity contribution is -0.162. The van der Waals surface area contributed by atoms with Crippen LogP contribution in [0.3, 0.4) is 0 Å². The topological polar surface area (TPSA) is 35.5 Å². The molecule has 0 N–H and O–H groups in total. The summed E-state index contributed by atoms with van der Waals surface area (Å²) in [5.41, 5.74) is 0. The van der Waals surface area contributed by atoms with Crippen LogP contribution in [0.1, 0.15) is 20.3 Å². The molecule has 4 heteroatoms. The molecule has 2 fully saturated rings. The first-order valence-corrected chi connectivity index (χ1v) is 7.60. The molecular weight excluding hydrogens is 260 g/mol. The number of hydrogen-bond donors (Lipinski definition) is 0. The predicted molar refractivity (Wildman–Crippen MR) is 74.1 cm³/mol. The maximum Gasteiger partial charge on any atom is 0.164 e. The van der Waals surface area contributed by atoms with Gasteiger partial charge in [0.15, 0.2) is 11.6 Å². The van der Waals surface area contributed by atoms with Crippen molar-refractivity contribution in [2.24, 2.45) is 5.92 Å². The summed E-state index contributed by atoms with van der Waals surface area (Å²) in [5, 5.41) is 0. The van der Waals surface area contributed by atoms with Crippen LogP contribution >= 0.6 is 11.8 Å². The minimum absolute atomic E-state index is 0.0706. The van der Waals surface area contributed by atoms with Gasteiger partial charge in [0.25, 0.3) is 0 Å². The van der Waals surface area contributed by atoms with Gasteiger partial charge in [-0.3, -0.25) is 4.79 Å². The number of hydrogen-bond acceptors (Lipinski definition) is 4. The minimum Gasteiger partial charge on any atom is -0.344 e. The highest BCUT2D eigenvalue weighted by atomic mass is 32.2. The van der Waals surface area contributed by atoms with Crippen molar-refractivity contribution >= 4 is 17.5 Å². The second-order valence-corrected chi connectivity index (χ2v) is 6.67. The summed E-state index contributed by atoms with van der Waals surface area (Å²) in [6.45, 7) is 3.75. The SMILES string of the molecule is CC1(C)O[C@@H]2[C@H](CSc3ccccc3)CC(=O)[C@@H]2O1. The monoisotopic (exact) mass is 278 g/mol. The molecule has 1 aromatic carbocycles. The zero-order chi connectivity index (χ0) is 13.5. The normalized spacial score (nSPS) is 32.5. The van der Waals surface area contributed by atoms with E-state index in [9.17, 15) is 4.79 Å². The fraction of sp³-hybridized carbons (Fsp3) is 0.533. The summed E-state index contributed by atoms with van der Waals surface area (Å²) in [7, 11) is 0. The average molecular weight is 278 g/mol. The van der Waals surface area contributed by atoms with Gasteiger partial charge >= 0.3 is 0 Å². The Bertz CT molecular complexity index is 472. The summed E-state index contributed by atoms with van der Waals surface area (Å²) in [4.78, 5) is 13.2. The van der Waals surface area contributed by atoms with Gasteiger partial charge in [-0.25, -0.2) is 0 Å². The molecule has 1 aliphatic heterocycles. The molecule has 0 spiro atoms. The van der Waals surface area contributed by atoms with Crippen molar-refractivity contribution in [3.05, 3.63) is 30.3 Å². The van der Waals surface area contributed by atoms with Crippen LogP contribution in [0.2, 0.25) is 0 Å². The molecule has 1 aromatic rings. The maximum atomic E-state index is 12.0. The molecule has 0 bridgehead atoms. The van der Waals surface area contributed by atoms with Gasteiger partial charge in [0.05, 0.1) is 6.10 Å². The van der Waals surface area contributed by atoms with E-state index in [0.717, 1.165) is 5.75 Å². The quantitative estimate of drug-likeness (QED) is 0.796. The Hall–Kier alpha value is -0.840. The van der Waals surface area contributed by atoms with E-state index in [1.54, 1.807) is 11.8 Å². The number of fused-ring (bicyclic) bond motifs is 1. The van der Waals surface area contributed by atoms with Crippen LogP contribution in [0, 0.1) is 5.92 Å². The Balaban J connectivity index is 1.65. The Morgan fingerprint density at radius 3 is 2.74 bits per heavy atom. The fourth-order valence-corrected chi connectivity index (χ4v) is 3.81. The third kappa shape index (κ3) is 2.71. The smallest absolute Gasteiger partial charge is 0.164 e. The Kier molecular flexibility index (Phi) is 3.41. The zero-order valence-corrected chi connectivity index (χ0v) is 12.0. The number of ether oxygens (including phenoxy) is 2. The Labute approximate surface area is 117 Å². The van der Waals surface area contributed by atoms with Crippen molar-refractivity contribution in [1.82, 2.24) is 0 Å². The lowest BCUT2D eigenvalue weighted by Crippen LogP contribution is -2.26. The molecule has 3 nitrogen and oxygen atoms in total. The first kappa shape index (κ1) is 13.2. The van der Waals surface area contributed by atoms with Crippen LogP contribution in [0.25, 0.3) is 0 Å². The molecule has 3 atom stereocenters. The van der Waals surface area contributed by atoms with E-state index in [0.29, 0.717) is 6.42 Å². The van der Waals surface area contributed by atoms with Gasteiger partial charge in [0, 0.05) is 23.0 Å². The van der Waals surface area contributed by atoms with Crippen molar-refractivity contribution in [1.29, 1.82) is 0 Å². The number of thioether (sulfide) groups is 1. The lowest BCUT2D eigenvalue weighted by atomic mass is 10.1. The highest BCUT2D eigenvalue weighted by molar-refractivity contribution is 7.99. The minimum atomic E-state index is -0.624. The Morgan fingerprint density at radius 1 is 1.26 bits per heavy atom. The molecule has 102 valence electrons. The molecule has 1 saturated heterocycles. The van der Waals surface area contributed by atoms with Gasteiger partial charge < -0.3 is 9.47 Å². The molecule has 1 heterocycles. The fourth-order valence-electron chi connectivity index (χ4n) is 2.75. The van der Waals surface area contributed by atoms with Gasteiger partial charge in [-0.2, -0.15) is 0 Å². The standard InChI is InChI=1S/C15H18O3S/c1-15(2)17-13-10(8-12(16)14(13)18-15)9-19-11-6-4-3-5-7-11/h3-7,10,13-14H,8-9H2,1-2H3/t10-,13+,14-/m0/s1. The molecule has 0 unspecified atom stereocenters. The van der Waals surface area contributed by atoms with E-state index >= 15 is 0 Å². The number of benzene rings is 1. The van der Waals surface area contributed by atoms with Crippen LogP contribution in [0.4, 0.5) is 0 Å². The molecule has 0 amide bonds. The van der Waals surface area contributed by atoms with E-state index in [1.165, 1.54) is 4.90 Å². The second-order valence-electron chi connectivity index (χ2n) is 5.58. The van der Waals surface area contributed by atoms with Crippen molar-refractivity contribution in [2.75, 3.05) is 5.75 Å². The van der Waals surface area contributed by atoms with Crippen LogP contribution in [0.5, 0.6) is 0 Å². The first-order valence-electron chi connectivity index (χ1n) is 6.61.